The van der Waals surface area contributed by atoms with Crippen molar-refractivity contribution in [2.45, 2.75) is 24.8 Å². The molecule has 0 atom stereocenters. The van der Waals surface area contributed by atoms with Crippen LogP contribution in [0.3, 0.4) is 0 Å². The lowest BCUT2D eigenvalue weighted by Crippen LogP contribution is -1.99. The second-order valence-electron chi connectivity index (χ2n) is 4.46. The van der Waals surface area contributed by atoms with E-state index in [2.05, 4.69) is 9.55 Å². The topological polar surface area (TPSA) is 36.3 Å². The molecule has 0 spiro atoms. The van der Waals surface area contributed by atoms with Crippen LogP contribution in [0.2, 0.25) is 0 Å². The van der Waals surface area contributed by atoms with E-state index in [0.29, 0.717) is 17.7 Å². The van der Waals surface area contributed by atoms with Crippen LogP contribution in [0.5, 0.6) is 11.5 Å². The minimum Gasteiger partial charge on any atom is -0.493 e. The predicted octanol–water partition coefficient (Wildman–Crippen LogP) is 3.13. The first-order chi connectivity index (χ1) is 8.78. The molecule has 1 aromatic heterocycles. The first-order valence-electron chi connectivity index (χ1n) is 5.97. The second kappa shape index (κ2) is 4.35. The molecule has 4 nitrogen and oxygen atoms in total. The number of alkyl halides is 1. The number of rotatable bonds is 4. The van der Waals surface area contributed by atoms with E-state index in [9.17, 15) is 0 Å². The van der Waals surface area contributed by atoms with Gasteiger partial charge in [-0.1, -0.05) is 0 Å². The summed E-state index contributed by atoms with van der Waals surface area (Å²) in [6.07, 6.45) is 2.40. The van der Waals surface area contributed by atoms with E-state index < -0.39 is 0 Å². The van der Waals surface area contributed by atoms with Crippen molar-refractivity contribution >= 4 is 22.6 Å². The van der Waals surface area contributed by atoms with Crippen LogP contribution >= 0.6 is 11.6 Å². The molecule has 1 aliphatic rings. The first-order valence-corrected chi connectivity index (χ1v) is 6.50. The van der Waals surface area contributed by atoms with Gasteiger partial charge in [-0.2, -0.15) is 0 Å². The Morgan fingerprint density at radius 2 is 1.94 bits per heavy atom. The second-order valence-corrected chi connectivity index (χ2v) is 4.73. The standard InChI is InChI=1S/C13H15ClN2O2/c1-17-11-5-9-10(6-12(11)18-2)16(8-3-4-8)13(7-14)15-9/h5-6,8H,3-4,7H2,1-2H3. The monoisotopic (exact) mass is 266 g/mol. The summed E-state index contributed by atoms with van der Waals surface area (Å²) in [5.74, 6) is 2.78. The van der Waals surface area contributed by atoms with Gasteiger partial charge in [0.15, 0.2) is 11.5 Å². The molecule has 96 valence electrons. The van der Waals surface area contributed by atoms with Gasteiger partial charge in [0, 0.05) is 18.2 Å². The molecule has 0 amide bonds. The predicted molar refractivity (Wildman–Crippen MR) is 70.7 cm³/mol. The van der Waals surface area contributed by atoms with Gasteiger partial charge in [0.2, 0.25) is 0 Å². The highest BCUT2D eigenvalue weighted by Gasteiger charge is 2.28. The van der Waals surface area contributed by atoms with Crippen molar-refractivity contribution in [2.75, 3.05) is 14.2 Å². The molecule has 0 aliphatic heterocycles. The third-order valence-corrected chi connectivity index (χ3v) is 3.54. The smallest absolute Gasteiger partial charge is 0.163 e. The highest BCUT2D eigenvalue weighted by atomic mass is 35.5. The van der Waals surface area contributed by atoms with Gasteiger partial charge in [-0.25, -0.2) is 4.98 Å². The maximum atomic E-state index is 5.98. The van der Waals surface area contributed by atoms with Crippen molar-refractivity contribution in [1.29, 1.82) is 0 Å². The van der Waals surface area contributed by atoms with Gasteiger partial charge in [-0.3, -0.25) is 0 Å². The van der Waals surface area contributed by atoms with Crippen molar-refractivity contribution in [3.05, 3.63) is 18.0 Å². The zero-order valence-corrected chi connectivity index (χ0v) is 11.2. The molecule has 18 heavy (non-hydrogen) atoms. The fraction of sp³-hybridized carbons (Fsp3) is 0.462. The first kappa shape index (κ1) is 11.7. The van der Waals surface area contributed by atoms with Crippen molar-refractivity contribution in [2.24, 2.45) is 0 Å². The van der Waals surface area contributed by atoms with Crippen LogP contribution < -0.4 is 9.47 Å². The average molecular weight is 267 g/mol. The van der Waals surface area contributed by atoms with Crippen LogP contribution in [0.4, 0.5) is 0 Å². The van der Waals surface area contributed by atoms with Gasteiger partial charge in [-0.05, 0) is 12.8 Å². The summed E-state index contributed by atoms with van der Waals surface area (Å²) in [4.78, 5) is 4.57. The number of nitrogens with zero attached hydrogens (tertiary/aromatic N) is 2. The summed E-state index contributed by atoms with van der Waals surface area (Å²) in [5, 5.41) is 0. The van der Waals surface area contributed by atoms with Gasteiger partial charge in [0.05, 0.1) is 31.1 Å². The molecule has 0 bridgehead atoms. The minimum absolute atomic E-state index is 0.426. The summed E-state index contributed by atoms with van der Waals surface area (Å²) in [6, 6.07) is 4.43. The van der Waals surface area contributed by atoms with E-state index in [1.165, 1.54) is 12.8 Å². The van der Waals surface area contributed by atoms with Gasteiger partial charge in [0.25, 0.3) is 0 Å². The molecular formula is C13H15ClN2O2. The van der Waals surface area contributed by atoms with Gasteiger partial charge in [-0.15, -0.1) is 11.6 Å². The van der Waals surface area contributed by atoms with E-state index in [1.807, 2.05) is 12.1 Å². The van der Waals surface area contributed by atoms with Crippen molar-refractivity contribution in [1.82, 2.24) is 9.55 Å². The number of ether oxygens (including phenoxy) is 2. The van der Waals surface area contributed by atoms with E-state index in [-0.39, 0.29) is 0 Å². The number of methoxy groups -OCH3 is 2. The van der Waals surface area contributed by atoms with Crippen molar-refractivity contribution in [3.63, 3.8) is 0 Å². The lowest BCUT2D eigenvalue weighted by Gasteiger charge is -2.09. The molecule has 1 heterocycles. The molecule has 1 fully saturated rings. The highest BCUT2D eigenvalue weighted by Crippen LogP contribution is 2.41. The quantitative estimate of drug-likeness (QED) is 0.798. The fourth-order valence-electron chi connectivity index (χ4n) is 2.31. The highest BCUT2D eigenvalue weighted by molar-refractivity contribution is 6.16. The maximum Gasteiger partial charge on any atom is 0.163 e. The number of hydrogen-bond donors (Lipinski definition) is 0. The van der Waals surface area contributed by atoms with Gasteiger partial charge >= 0.3 is 0 Å². The average Bonchev–Trinajstić information content (AvgIpc) is 3.17. The Hall–Kier alpha value is -1.42. The Bertz CT molecular complexity index is 590. The normalized spacial score (nSPS) is 15.1. The van der Waals surface area contributed by atoms with Crippen LogP contribution in [0.25, 0.3) is 11.0 Å². The molecule has 0 N–H and O–H groups in total. The Balaban J connectivity index is 2.25. The number of hydrogen-bond acceptors (Lipinski definition) is 3. The Morgan fingerprint density at radius 3 is 2.50 bits per heavy atom. The molecular weight excluding hydrogens is 252 g/mol. The van der Waals surface area contributed by atoms with Gasteiger partial charge < -0.3 is 14.0 Å². The lowest BCUT2D eigenvalue weighted by atomic mass is 10.2. The molecule has 5 heteroatoms. The molecule has 0 saturated heterocycles. The Labute approximate surface area is 110 Å². The third-order valence-electron chi connectivity index (χ3n) is 3.30. The number of fused-ring (bicyclic) bond motifs is 1. The largest absolute Gasteiger partial charge is 0.493 e. The van der Waals surface area contributed by atoms with E-state index in [1.54, 1.807) is 14.2 Å². The Morgan fingerprint density at radius 1 is 1.28 bits per heavy atom. The SMILES string of the molecule is COc1cc2nc(CCl)n(C3CC3)c2cc1OC. The van der Waals surface area contributed by atoms with Crippen LogP contribution in [0, 0.1) is 0 Å². The summed E-state index contributed by atoms with van der Waals surface area (Å²) in [5.41, 5.74) is 1.99. The minimum atomic E-state index is 0.426. The summed E-state index contributed by atoms with van der Waals surface area (Å²) in [7, 11) is 3.27. The zero-order valence-electron chi connectivity index (χ0n) is 10.4. The molecule has 2 aromatic rings. The number of benzene rings is 1. The van der Waals surface area contributed by atoms with Crippen LogP contribution in [0.1, 0.15) is 24.7 Å². The summed E-state index contributed by atoms with van der Waals surface area (Å²) in [6.45, 7) is 0. The third kappa shape index (κ3) is 1.72. The van der Waals surface area contributed by atoms with Crippen LogP contribution in [-0.4, -0.2) is 23.8 Å². The lowest BCUT2D eigenvalue weighted by molar-refractivity contribution is 0.355. The van der Waals surface area contributed by atoms with Crippen molar-refractivity contribution < 1.29 is 9.47 Å². The Kier molecular flexibility index (Phi) is 2.82. The fourth-order valence-corrected chi connectivity index (χ4v) is 2.49. The number of imidazole rings is 1. The number of halogens is 1. The molecule has 3 rings (SSSR count). The van der Waals surface area contributed by atoms with Crippen molar-refractivity contribution in [3.8, 4) is 11.5 Å². The molecule has 0 radical (unpaired) electrons. The summed E-state index contributed by atoms with van der Waals surface area (Å²) >= 11 is 5.98. The molecule has 0 unspecified atom stereocenters. The molecule has 1 aliphatic carbocycles. The summed E-state index contributed by atoms with van der Waals surface area (Å²) < 4.78 is 12.9. The van der Waals surface area contributed by atoms with E-state index in [0.717, 1.165) is 22.6 Å². The van der Waals surface area contributed by atoms with Crippen LogP contribution in [0.15, 0.2) is 12.1 Å². The number of aromatic nitrogens is 2. The van der Waals surface area contributed by atoms with Crippen LogP contribution in [-0.2, 0) is 5.88 Å². The molecule has 1 saturated carbocycles. The van der Waals surface area contributed by atoms with Gasteiger partial charge in [0.1, 0.15) is 5.82 Å². The van der Waals surface area contributed by atoms with E-state index >= 15 is 0 Å². The maximum absolute atomic E-state index is 5.98. The van der Waals surface area contributed by atoms with E-state index in [4.69, 9.17) is 21.1 Å². The zero-order chi connectivity index (χ0) is 12.7. The molecule has 1 aromatic carbocycles.